The lowest BCUT2D eigenvalue weighted by Crippen LogP contribution is -2.22. The van der Waals surface area contributed by atoms with E-state index in [-0.39, 0.29) is 44.1 Å². The molecular formula is C18H15Cl2F3N4O2S. The van der Waals surface area contributed by atoms with E-state index in [0.29, 0.717) is 10.5 Å². The molecule has 12 heteroatoms. The smallest absolute Gasteiger partial charge is 0.405 e. The Morgan fingerprint density at radius 2 is 1.70 bits per heavy atom. The van der Waals surface area contributed by atoms with Crippen LogP contribution in [0, 0.1) is 0 Å². The van der Waals surface area contributed by atoms with Crippen LogP contribution in [-0.2, 0) is 0 Å². The van der Waals surface area contributed by atoms with Crippen LogP contribution in [0.25, 0.3) is 22.2 Å². The number of methoxy groups -OCH3 is 2. The molecule has 3 rings (SSSR count). The van der Waals surface area contributed by atoms with Gasteiger partial charge in [-0.15, -0.1) is 0 Å². The molecule has 0 amide bonds. The first-order valence-corrected chi connectivity index (χ1v) is 10.3. The molecule has 1 N–H and O–H groups in total. The third-order valence-electron chi connectivity index (χ3n) is 4.01. The van der Waals surface area contributed by atoms with Crippen LogP contribution in [-0.4, -0.2) is 48.1 Å². The van der Waals surface area contributed by atoms with Crippen molar-refractivity contribution in [3.8, 4) is 22.8 Å². The standard InChI is InChI=1S/C18H15Cl2F3N4O2S/c1-28-10-5-11(29-2)14(20)12(13(10)19)9-4-8-6-24-17(30-3)27-15(8)16(26-9)25-7-18(21,22)23/h4-6H,7H2,1-3H3,(H,25,26). The number of aromatic nitrogens is 3. The van der Waals surface area contributed by atoms with E-state index in [1.807, 2.05) is 0 Å². The molecule has 0 radical (unpaired) electrons. The second-order valence-corrected chi connectivity index (χ2v) is 7.43. The largest absolute Gasteiger partial charge is 0.495 e. The summed E-state index contributed by atoms with van der Waals surface area (Å²) in [4.78, 5) is 12.8. The minimum absolute atomic E-state index is 0.0774. The van der Waals surface area contributed by atoms with E-state index in [1.54, 1.807) is 12.3 Å². The van der Waals surface area contributed by atoms with Gasteiger partial charge < -0.3 is 14.8 Å². The van der Waals surface area contributed by atoms with Crippen molar-refractivity contribution in [2.75, 3.05) is 32.3 Å². The van der Waals surface area contributed by atoms with Gasteiger partial charge in [-0.1, -0.05) is 35.0 Å². The fourth-order valence-electron chi connectivity index (χ4n) is 2.67. The predicted molar refractivity (Wildman–Crippen MR) is 112 cm³/mol. The summed E-state index contributed by atoms with van der Waals surface area (Å²) in [6.45, 7) is -1.29. The van der Waals surface area contributed by atoms with Gasteiger partial charge in [-0.25, -0.2) is 15.0 Å². The number of anilines is 1. The molecule has 0 unspecified atom stereocenters. The van der Waals surface area contributed by atoms with Crippen LogP contribution in [0.15, 0.2) is 23.5 Å². The van der Waals surface area contributed by atoms with Gasteiger partial charge in [0.25, 0.3) is 0 Å². The number of nitrogens with one attached hydrogen (secondary N) is 1. The molecule has 0 aliphatic heterocycles. The predicted octanol–water partition coefficient (Wildman–Crippen LogP) is 5.71. The second-order valence-electron chi connectivity index (χ2n) is 5.90. The van der Waals surface area contributed by atoms with Crippen molar-refractivity contribution >= 4 is 51.7 Å². The van der Waals surface area contributed by atoms with Gasteiger partial charge in [-0.05, 0) is 12.3 Å². The molecule has 3 aromatic rings. The molecule has 2 heterocycles. The molecule has 1 aromatic carbocycles. The van der Waals surface area contributed by atoms with Gasteiger partial charge in [0, 0.05) is 23.2 Å². The Morgan fingerprint density at radius 1 is 1.07 bits per heavy atom. The van der Waals surface area contributed by atoms with E-state index in [0.717, 1.165) is 0 Å². The number of pyridine rings is 1. The first-order chi connectivity index (χ1) is 14.2. The van der Waals surface area contributed by atoms with Crippen LogP contribution < -0.4 is 14.8 Å². The summed E-state index contributed by atoms with van der Waals surface area (Å²) in [7, 11) is 2.83. The van der Waals surface area contributed by atoms with Crippen LogP contribution in [0.4, 0.5) is 19.0 Å². The number of benzene rings is 1. The number of hydrogen-bond donors (Lipinski definition) is 1. The maximum absolute atomic E-state index is 12.8. The van der Waals surface area contributed by atoms with Crippen molar-refractivity contribution in [2.45, 2.75) is 11.3 Å². The molecular weight excluding hydrogens is 464 g/mol. The van der Waals surface area contributed by atoms with E-state index in [9.17, 15) is 13.2 Å². The summed E-state index contributed by atoms with van der Waals surface area (Å²) in [5, 5.41) is 3.43. The van der Waals surface area contributed by atoms with Crippen molar-refractivity contribution in [1.29, 1.82) is 0 Å². The second kappa shape index (κ2) is 8.91. The van der Waals surface area contributed by atoms with E-state index in [4.69, 9.17) is 32.7 Å². The Morgan fingerprint density at radius 3 is 2.23 bits per heavy atom. The van der Waals surface area contributed by atoms with Gasteiger partial charge in [0.1, 0.15) is 23.6 Å². The third-order valence-corrected chi connectivity index (χ3v) is 5.32. The van der Waals surface area contributed by atoms with Crippen molar-refractivity contribution in [3.05, 3.63) is 28.4 Å². The number of rotatable bonds is 6. The number of alkyl halides is 3. The SMILES string of the molecule is COc1cc(OC)c(Cl)c(-c2cc3cnc(SC)nc3c(NCC(F)(F)F)n2)c1Cl. The normalized spacial score (nSPS) is 11.6. The molecule has 6 nitrogen and oxygen atoms in total. The maximum atomic E-state index is 12.8. The minimum atomic E-state index is -4.45. The zero-order chi connectivity index (χ0) is 22.1. The molecule has 0 fully saturated rings. The average molecular weight is 479 g/mol. The molecule has 0 aliphatic rings. The van der Waals surface area contributed by atoms with Crippen molar-refractivity contribution < 1.29 is 22.6 Å². The Bertz CT molecular complexity index is 1070. The molecule has 0 atom stereocenters. The Hall–Kier alpha value is -2.17. The third kappa shape index (κ3) is 4.60. The monoisotopic (exact) mass is 478 g/mol. The molecule has 0 saturated heterocycles. The lowest BCUT2D eigenvalue weighted by molar-refractivity contribution is -0.115. The topological polar surface area (TPSA) is 69.2 Å². The van der Waals surface area contributed by atoms with Crippen LogP contribution in [0.2, 0.25) is 10.0 Å². The van der Waals surface area contributed by atoms with Crippen molar-refractivity contribution in [3.63, 3.8) is 0 Å². The zero-order valence-corrected chi connectivity index (χ0v) is 18.2. The van der Waals surface area contributed by atoms with Gasteiger partial charge in [0.05, 0.1) is 30.0 Å². The molecule has 0 aliphatic carbocycles. The number of nitrogens with zero attached hydrogens (tertiary/aromatic N) is 3. The summed E-state index contributed by atoms with van der Waals surface area (Å²) in [5.74, 6) is 0.466. The molecule has 2 aromatic heterocycles. The Labute approximate surface area is 184 Å². The van der Waals surface area contributed by atoms with Crippen molar-refractivity contribution in [2.24, 2.45) is 0 Å². The zero-order valence-electron chi connectivity index (χ0n) is 15.9. The fraction of sp³-hybridized carbons (Fsp3) is 0.278. The molecule has 0 saturated carbocycles. The number of thioether (sulfide) groups is 1. The first-order valence-electron chi connectivity index (χ1n) is 8.31. The summed E-state index contributed by atoms with van der Waals surface area (Å²) < 4.78 is 49.0. The lowest BCUT2D eigenvalue weighted by Gasteiger charge is -2.16. The molecule has 0 spiro atoms. The van der Waals surface area contributed by atoms with Crippen LogP contribution >= 0.6 is 35.0 Å². The summed E-state index contributed by atoms with van der Waals surface area (Å²) in [6.07, 6.45) is -1.20. The summed E-state index contributed by atoms with van der Waals surface area (Å²) >= 11 is 14.1. The van der Waals surface area contributed by atoms with E-state index >= 15 is 0 Å². The highest BCUT2D eigenvalue weighted by Gasteiger charge is 2.28. The van der Waals surface area contributed by atoms with Gasteiger partial charge in [0.15, 0.2) is 11.0 Å². The first kappa shape index (κ1) is 22.5. The Balaban J connectivity index is 2.27. The quantitative estimate of drug-likeness (QED) is 0.359. The Kier molecular flexibility index (Phi) is 6.68. The molecule has 160 valence electrons. The number of ether oxygens (including phenoxy) is 2. The number of hydrogen-bond acceptors (Lipinski definition) is 7. The fourth-order valence-corrected chi connectivity index (χ4v) is 3.70. The summed E-state index contributed by atoms with van der Waals surface area (Å²) in [6, 6.07) is 3.09. The van der Waals surface area contributed by atoms with E-state index < -0.39 is 12.7 Å². The van der Waals surface area contributed by atoms with Crippen molar-refractivity contribution in [1.82, 2.24) is 15.0 Å². The molecule has 30 heavy (non-hydrogen) atoms. The number of halogens is 5. The van der Waals surface area contributed by atoms with Crippen LogP contribution in [0.1, 0.15) is 0 Å². The molecule has 0 bridgehead atoms. The van der Waals surface area contributed by atoms with Gasteiger partial charge in [-0.2, -0.15) is 13.2 Å². The number of fused-ring (bicyclic) bond motifs is 1. The van der Waals surface area contributed by atoms with Gasteiger partial charge >= 0.3 is 6.18 Å². The highest BCUT2D eigenvalue weighted by Crippen LogP contribution is 2.46. The highest BCUT2D eigenvalue weighted by molar-refractivity contribution is 7.98. The minimum Gasteiger partial charge on any atom is -0.495 e. The lowest BCUT2D eigenvalue weighted by atomic mass is 10.1. The highest BCUT2D eigenvalue weighted by atomic mass is 35.5. The maximum Gasteiger partial charge on any atom is 0.405 e. The van der Waals surface area contributed by atoms with E-state index in [2.05, 4.69) is 20.3 Å². The average Bonchev–Trinajstić information content (AvgIpc) is 2.71. The van der Waals surface area contributed by atoms with Crippen LogP contribution in [0.5, 0.6) is 11.5 Å². The van der Waals surface area contributed by atoms with Gasteiger partial charge in [-0.3, -0.25) is 0 Å². The van der Waals surface area contributed by atoms with E-state index in [1.165, 1.54) is 38.2 Å². The summed E-state index contributed by atoms with van der Waals surface area (Å²) in [5.41, 5.74) is 0.699. The van der Waals surface area contributed by atoms with Gasteiger partial charge in [0.2, 0.25) is 0 Å². The van der Waals surface area contributed by atoms with Crippen LogP contribution in [0.3, 0.4) is 0 Å².